The van der Waals surface area contributed by atoms with Gasteiger partial charge in [-0.25, -0.2) is 4.79 Å². The third-order valence-electron chi connectivity index (χ3n) is 4.81. The first-order valence-electron chi connectivity index (χ1n) is 9.18. The molecule has 2 amide bonds. The number of para-hydroxylation sites is 1. The van der Waals surface area contributed by atoms with Crippen molar-refractivity contribution in [3.63, 3.8) is 0 Å². The summed E-state index contributed by atoms with van der Waals surface area (Å²) in [6, 6.07) is 4.78. The molecule has 1 atom stereocenters. The van der Waals surface area contributed by atoms with Crippen LogP contribution < -0.4 is 11.0 Å². The molecular weight excluding hydrogens is 346 g/mol. The van der Waals surface area contributed by atoms with Crippen LogP contribution in [-0.2, 0) is 16.6 Å². The molecule has 0 spiro atoms. The lowest BCUT2D eigenvalue weighted by Crippen LogP contribution is -2.44. The fourth-order valence-corrected chi connectivity index (χ4v) is 3.43. The van der Waals surface area contributed by atoms with Gasteiger partial charge in [0.2, 0.25) is 11.8 Å². The van der Waals surface area contributed by atoms with Gasteiger partial charge >= 0.3 is 5.69 Å². The monoisotopic (exact) mass is 369 g/mol. The van der Waals surface area contributed by atoms with E-state index in [4.69, 9.17) is 5.11 Å². The smallest absolute Gasteiger partial charge is 0.329 e. The van der Waals surface area contributed by atoms with E-state index in [0.717, 1.165) is 31.2 Å². The van der Waals surface area contributed by atoms with E-state index >= 15 is 0 Å². The number of amides is 2. The molecular formula is C20H23N3O4. The molecule has 0 bridgehead atoms. The molecule has 0 radical (unpaired) electrons. The highest BCUT2D eigenvalue weighted by Crippen LogP contribution is 2.24. The highest BCUT2D eigenvalue weighted by molar-refractivity contribution is 6.00. The molecule has 2 heterocycles. The first-order chi connectivity index (χ1) is 13.0. The second-order valence-electron chi connectivity index (χ2n) is 6.69. The zero-order chi connectivity index (χ0) is 19.4. The molecule has 142 valence electrons. The summed E-state index contributed by atoms with van der Waals surface area (Å²) in [5.41, 5.74) is 1.77. The van der Waals surface area contributed by atoms with Crippen molar-refractivity contribution in [2.75, 3.05) is 6.61 Å². The molecule has 1 aliphatic rings. The van der Waals surface area contributed by atoms with Crippen LogP contribution in [0, 0.1) is 11.8 Å². The Kier molecular flexibility index (Phi) is 5.77. The van der Waals surface area contributed by atoms with Gasteiger partial charge in [-0.1, -0.05) is 24.3 Å². The van der Waals surface area contributed by atoms with Crippen LogP contribution in [0.1, 0.15) is 50.1 Å². The molecule has 7 heteroatoms. The molecule has 1 saturated heterocycles. The Morgan fingerprint density at radius 1 is 1.22 bits per heavy atom. The zero-order valence-electron chi connectivity index (χ0n) is 15.3. The molecule has 27 heavy (non-hydrogen) atoms. The van der Waals surface area contributed by atoms with E-state index in [1.807, 2.05) is 12.1 Å². The SMILES string of the molecule is Cn1c(=O)n(C2CCC(=O)NC2=O)c2cccc(C#CCCCCCO)c21. The fraction of sp³-hybridized carbons (Fsp3) is 0.450. The minimum atomic E-state index is -0.694. The average molecular weight is 369 g/mol. The van der Waals surface area contributed by atoms with E-state index in [-0.39, 0.29) is 24.6 Å². The predicted octanol–water partition coefficient (Wildman–Crippen LogP) is 1.22. The van der Waals surface area contributed by atoms with Gasteiger partial charge < -0.3 is 5.11 Å². The maximum atomic E-state index is 12.8. The number of nitrogens with zero attached hydrogens (tertiary/aromatic N) is 2. The fourth-order valence-electron chi connectivity index (χ4n) is 3.43. The minimum absolute atomic E-state index is 0.197. The summed E-state index contributed by atoms with van der Waals surface area (Å²) in [5, 5.41) is 11.1. The maximum Gasteiger partial charge on any atom is 0.329 e. The van der Waals surface area contributed by atoms with Gasteiger partial charge in [-0.3, -0.25) is 24.0 Å². The number of aliphatic hydroxyl groups is 1. The average Bonchev–Trinajstić information content (AvgIpc) is 2.90. The summed E-state index contributed by atoms with van der Waals surface area (Å²) in [5.74, 6) is 5.50. The molecule has 1 aliphatic heterocycles. The lowest BCUT2D eigenvalue weighted by Gasteiger charge is -2.21. The Morgan fingerprint density at radius 3 is 2.78 bits per heavy atom. The molecule has 1 aromatic carbocycles. The maximum absolute atomic E-state index is 12.8. The molecule has 1 unspecified atom stereocenters. The summed E-state index contributed by atoms with van der Waals surface area (Å²) in [6.45, 7) is 0.197. The molecule has 2 aromatic rings. The summed E-state index contributed by atoms with van der Waals surface area (Å²) in [6.07, 6.45) is 3.87. The van der Waals surface area contributed by atoms with Crippen molar-refractivity contribution in [2.24, 2.45) is 7.05 Å². The minimum Gasteiger partial charge on any atom is -0.396 e. The Bertz CT molecular complexity index is 990. The van der Waals surface area contributed by atoms with Crippen molar-refractivity contribution in [3.8, 4) is 11.8 Å². The number of rotatable bonds is 5. The lowest BCUT2D eigenvalue weighted by atomic mass is 10.1. The Balaban J connectivity index is 1.96. The third kappa shape index (κ3) is 3.81. The Labute approximate surface area is 157 Å². The van der Waals surface area contributed by atoms with Crippen LogP contribution >= 0.6 is 0 Å². The first-order valence-corrected chi connectivity index (χ1v) is 9.18. The number of carbonyl (C=O) groups excluding carboxylic acids is 2. The highest BCUT2D eigenvalue weighted by atomic mass is 16.3. The normalized spacial score (nSPS) is 16.9. The molecule has 7 nitrogen and oxygen atoms in total. The van der Waals surface area contributed by atoms with Gasteiger partial charge in [0, 0.05) is 26.5 Å². The van der Waals surface area contributed by atoms with E-state index in [9.17, 15) is 14.4 Å². The number of benzene rings is 1. The number of aliphatic hydroxyl groups excluding tert-OH is 1. The van der Waals surface area contributed by atoms with Gasteiger partial charge in [-0.2, -0.15) is 0 Å². The molecule has 0 aliphatic carbocycles. The second-order valence-corrected chi connectivity index (χ2v) is 6.69. The van der Waals surface area contributed by atoms with Gasteiger partial charge in [0.05, 0.1) is 16.6 Å². The summed E-state index contributed by atoms with van der Waals surface area (Å²) in [4.78, 5) is 36.5. The van der Waals surface area contributed by atoms with Crippen LogP contribution in [0.15, 0.2) is 23.0 Å². The van der Waals surface area contributed by atoms with Crippen LogP contribution in [0.25, 0.3) is 11.0 Å². The quantitative estimate of drug-likeness (QED) is 0.471. The molecule has 3 rings (SSSR count). The van der Waals surface area contributed by atoms with Crippen LogP contribution in [0.5, 0.6) is 0 Å². The van der Waals surface area contributed by atoms with Gasteiger partial charge in [-0.05, 0) is 31.4 Å². The highest BCUT2D eigenvalue weighted by Gasteiger charge is 2.31. The number of aromatic nitrogens is 2. The largest absolute Gasteiger partial charge is 0.396 e. The number of piperidine rings is 1. The number of hydrogen-bond donors (Lipinski definition) is 2. The Hall–Kier alpha value is -2.85. The Morgan fingerprint density at radius 2 is 2.04 bits per heavy atom. The number of nitrogens with one attached hydrogen (secondary N) is 1. The van der Waals surface area contributed by atoms with E-state index in [2.05, 4.69) is 17.2 Å². The number of hydrogen-bond acceptors (Lipinski definition) is 4. The lowest BCUT2D eigenvalue weighted by molar-refractivity contribution is -0.135. The van der Waals surface area contributed by atoms with E-state index in [1.165, 1.54) is 9.13 Å². The first kappa shape index (κ1) is 18.9. The molecule has 0 saturated carbocycles. The predicted molar refractivity (Wildman–Crippen MR) is 101 cm³/mol. The molecule has 1 fully saturated rings. The van der Waals surface area contributed by atoms with Crippen LogP contribution in [0.4, 0.5) is 0 Å². The third-order valence-corrected chi connectivity index (χ3v) is 4.81. The summed E-state index contributed by atoms with van der Waals surface area (Å²) < 4.78 is 2.97. The number of unbranched alkanes of at least 4 members (excludes halogenated alkanes) is 3. The van der Waals surface area contributed by atoms with Crippen LogP contribution in [0.3, 0.4) is 0 Å². The van der Waals surface area contributed by atoms with Crippen LogP contribution in [-0.4, -0.2) is 32.7 Å². The van der Waals surface area contributed by atoms with Gasteiger partial charge in [0.1, 0.15) is 6.04 Å². The van der Waals surface area contributed by atoms with Gasteiger partial charge in [-0.15, -0.1) is 0 Å². The molecule has 2 N–H and O–H groups in total. The zero-order valence-corrected chi connectivity index (χ0v) is 15.3. The second kappa shape index (κ2) is 8.23. The van der Waals surface area contributed by atoms with Crippen molar-refractivity contribution in [3.05, 3.63) is 34.2 Å². The van der Waals surface area contributed by atoms with Gasteiger partial charge in [0.15, 0.2) is 0 Å². The van der Waals surface area contributed by atoms with Crippen molar-refractivity contribution >= 4 is 22.8 Å². The van der Waals surface area contributed by atoms with Crippen LogP contribution in [0.2, 0.25) is 0 Å². The van der Waals surface area contributed by atoms with Crippen molar-refractivity contribution < 1.29 is 14.7 Å². The number of carbonyl (C=O) groups is 2. The van der Waals surface area contributed by atoms with E-state index in [1.54, 1.807) is 13.1 Å². The van der Waals surface area contributed by atoms with E-state index in [0.29, 0.717) is 17.5 Å². The standard InChI is InChI=1S/C20H23N3O4/c1-22-18-14(8-5-3-2-4-6-13-24)9-7-10-15(18)23(20(22)27)16-11-12-17(25)21-19(16)26/h7,9-10,16,24H,2-4,6,11-13H2,1H3,(H,21,25,26). The topological polar surface area (TPSA) is 93.3 Å². The van der Waals surface area contributed by atoms with Crippen molar-refractivity contribution in [1.82, 2.24) is 14.5 Å². The van der Waals surface area contributed by atoms with Crippen molar-refractivity contribution in [1.29, 1.82) is 0 Å². The van der Waals surface area contributed by atoms with Gasteiger partial charge in [0.25, 0.3) is 0 Å². The number of imide groups is 1. The number of aryl methyl sites for hydroxylation is 1. The molecule has 1 aromatic heterocycles. The summed E-state index contributed by atoms with van der Waals surface area (Å²) >= 11 is 0. The number of fused-ring (bicyclic) bond motifs is 1. The number of imidazole rings is 1. The van der Waals surface area contributed by atoms with Crippen molar-refractivity contribution in [2.45, 2.75) is 44.6 Å². The summed E-state index contributed by atoms with van der Waals surface area (Å²) in [7, 11) is 1.67. The van der Waals surface area contributed by atoms with E-state index < -0.39 is 11.9 Å².